The largest absolute Gasteiger partial charge is 0.392 e. The number of halogens is 2. The van der Waals surface area contributed by atoms with Crippen molar-refractivity contribution in [2.75, 3.05) is 10.0 Å². The van der Waals surface area contributed by atoms with E-state index in [9.17, 15) is 18.3 Å². The van der Waals surface area contributed by atoms with Crippen LogP contribution in [0, 0.1) is 0 Å². The van der Waals surface area contributed by atoms with Gasteiger partial charge in [0.05, 0.1) is 21.5 Å². The third kappa shape index (κ3) is 5.27. The summed E-state index contributed by atoms with van der Waals surface area (Å²) < 4.78 is 27.6. The first-order chi connectivity index (χ1) is 13.8. The Morgan fingerprint density at radius 3 is 2.34 bits per heavy atom. The van der Waals surface area contributed by atoms with Gasteiger partial charge in [-0.2, -0.15) is 0 Å². The van der Waals surface area contributed by atoms with Gasteiger partial charge in [0.15, 0.2) is 0 Å². The summed E-state index contributed by atoms with van der Waals surface area (Å²) in [7, 11) is -3.92. The van der Waals surface area contributed by atoms with Gasteiger partial charge in [0.1, 0.15) is 0 Å². The molecule has 0 saturated heterocycles. The lowest BCUT2D eigenvalue weighted by atomic mass is 10.1. The first-order valence-electron chi connectivity index (χ1n) is 8.37. The quantitative estimate of drug-likeness (QED) is 0.513. The van der Waals surface area contributed by atoms with Crippen LogP contribution in [-0.4, -0.2) is 19.4 Å². The van der Waals surface area contributed by atoms with Crippen LogP contribution in [0.25, 0.3) is 0 Å². The van der Waals surface area contributed by atoms with Crippen molar-refractivity contribution in [2.45, 2.75) is 11.5 Å². The molecule has 0 aromatic heterocycles. The molecule has 0 spiro atoms. The summed E-state index contributed by atoms with van der Waals surface area (Å²) in [5, 5.41) is 12.3. The highest BCUT2D eigenvalue weighted by Gasteiger charge is 2.17. The van der Waals surface area contributed by atoms with Gasteiger partial charge < -0.3 is 10.4 Å². The van der Waals surface area contributed by atoms with Crippen molar-refractivity contribution in [3.8, 4) is 0 Å². The third-order valence-electron chi connectivity index (χ3n) is 3.95. The molecule has 0 aliphatic carbocycles. The second-order valence-electron chi connectivity index (χ2n) is 6.07. The van der Waals surface area contributed by atoms with E-state index in [-0.39, 0.29) is 32.8 Å². The van der Waals surface area contributed by atoms with Crippen LogP contribution in [0.15, 0.2) is 71.6 Å². The number of hydrogen-bond acceptors (Lipinski definition) is 4. The minimum absolute atomic E-state index is 0.0532. The van der Waals surface area contributed by atoms with Crippen LogP contribution in [0.5, 0.6) is 0 Å². The van der Waals surface area contributed by atoms with Gasteiger partial charge in [0.2, 0.25) is 0 Å². The van der Waals surface area contributed by atoms with Gasteiger partial charge in [0, 0.05) is 16.9 Å². The molecule has 3 rings (SSSR count). The zero-order valence-electron chi connectivity index (χ0n) is 14.9. The number of carbonyl (C=O) groups excluding carboxylic acids is 1. The van der Waals surface area contributed by atoms with Crippen LogP contribution in [-0.2, 0) is 16.6 Å². The molecule has 0 aliphatic rings. The first-order valence-corrected chi connectivity index (χ1v) is 10.6. The van der Waals surface area contributed by atoms with Gasteiger partial charge >= 0.3 is 0 Å². The number of anilines is 2. The molecular formula is C20H16Cl2N2O4S. The fraction of sp³-hybridized carbons (Fsp3) is 0.0500. The van der Waals surface area contributed by atoms with E-state index >= 15 is 0 Å². The molecule has 3 aromatic rings. The van der Waals surface area contributed by atoms with Crippen molar-refractivity contribution in [1.29, 1.82) is 0 Å². The SMILES string of the molecule is O=C(Nc1cccc(CO)c1)c1cccc(NS(=O)(=O)c2ccc(Cl)c(Cl)c2)c1. The maximum Gasteiger partial charge on any atom is 0.261 e. The average Bonchev–Trinajstić information content (AvgIpc) is 2.70. The lowest BCUT2D eigenvalue weighted by Gasteiger charge is -2.11. The van der Waals surface area contributed by atoms with Gasteiger partial charge in [-0.15, -0.1) is 0 Å². The van der Waals surface area contributed by atoms with Crippen LogP contribution in [0.3, 0.4) is 0 Å². The van der Waals surface area contributed by atoms with Crippen molar-refractivity contribution < 1.29 is 18.3 Å². The summed E-state index contributed by atoms with van der Waals surface area (Å²) in [4.78, 5) is 12.4. The lowest BCUT2D eigenvalue weighted by Crippen LogP contribution is -2.15. The van der Waals surface area contributed by atoms with Crippen LogP contribution < -0.4 is 10.0 Å². The number of benzene rings is 3. The highest BCUT2D eigenvalue weighted by molar-refractivity contribution is 7.92. The van der Waals surface area contributed by atoms with E-state index in [4.69, 9.17) is 23.2 Å². The van der Waals surface area contributed by atoms with Crippen LogP contribution in [0.2, 0.25) is 10.0 Å². The number of nitrogens with one attached hydrogen (secondary N) is 2. The number of aliphatic hydroxyl groups is 1. The van der Waals surface area contributed by atoms with Crippen molar-refractivity contribution in [3.05, 3.63) is 87.9 Å². The predicted molar refractivity (Wildman–Crippen MR) is 114 cm³/mol. The zero-order chi connectivity index (χ0) is 21.0. The fourth-order valence-corrected chi connectivity index (χ4v) is 3.97. The standard InChI is InChI=1S/C20H16Cl2N2O4S/c21-18-8-7-17(11-19(18)22)29(27,28)24-16-6-2-4-14(10-16)20(26)23-15-5-1-3-13(9-15)12-25/h1-11,24-25H,12H2,(H,23,26). The summed E-state index contributed by atoms with van der Waals surface area (Å²) in [6, 6.07) is 16.8. The van der Waals surface area contributed by atoms with E-state index < -0.39 is 15.9 Å². The number of rotatable bonds is 6. The predicted octanol–water partition coefficient (Wildman–Crippen LogP) is 4.54. The summed E-state index contributed by atoms with van der Waals surface area (Å²) in [5.41, 5.74) is 1.65. The Hall–Kier alpha value is -2.58. The van der Waals surface area contributed by atoms with E-state index in [2.05, 4.69) is 10.0 Å². The zero-order valence-corrected chi connectivity index (χ0v) is 17.2. The molecule has 0 heterocycles. The van der Waals surface area contributed by atoms with Gasteiger partial charge in [-0.25, -0.2) is 8.42 Å². The molecule has 0 saturated carbocycles. The molecule has 0 unspecified atom stereocenters. The highest BCUT2D eigenvalue weighted by Crippen LogP contribution is 2.26. The topological polar surface area (TPSA) is 95.5 Å². The molecule has 0 fully saturated rings. The Morgan fingerprint density at radius 1 is 0.897 bits per heavy atom. The second kappa shape index (κ2) is 8.84. The molecule has 29 heavy (non-hydrogen) atoms. The summed E-state index contributed by atoms with van der Waals surface area (Å²) in [6.45, 7) is -0.143. The van der Waals surface area contributed by atoms with E-state index in [1.54, 1.807) is 36.4 Å². The van der Waals surface area contributed by atoms with Crippen LogP contribution in [0.4, 0.5) is 11.4 Å². The fourth-order valence-electron chi connectivity index (χ4n) is 2.53. The molecule has 150 valence electrons. The Kier molecular flexibility index (Phi) is 6.44. The van der Waals surface area contributed by atoms with Crippen LogP contribution >= 0.6 is 23.2 Å². The monoisotopic (exact) mass is 450 g/mol. The number of aliphatic hydroxyl groups excluding tert-OH is 1. The van der Waals surface area contributed by atoms with Crippen LogP contribution in [0.1, 0.15) is 15.9 Å². The molecule has 0 atom stereocenters. The van der Waals surface area contributed by atoms with Gasteiger partial charge in [-0.05, 0) is 54.1 Å². The van der Waals surface area contributed by atoms with Gasteiger partial charge in [-0.3, -0.25) is 9.52 Å². The molecule has 0 radical (unpaired) electrons. The van der Waals surface area contributed by atoms with E-state index in [0.29, 0.717) is 11.3 Å². The van der Waals surface area contributed by atoms with Crippen molar-refractivity contribution >= 4 is 50.5 Å². The summed E-state index contributed by atoms with van der Waals surface area (Å²) >= 11 is 11.7. The molecule has 3 N–H and O–H groups in total. The van der Waals surface area contributed by atoms with Crippen molar-refractivity contribution in [1.82, 2.24) is 0 Å². The van der Waals surface area contributed by atoms with E-state index in [0.717, 1.165) is 0 Å². The van der Waals surface area contributed by atoms with Crippen molar-refractivity contribution in [3.63, 3.8) is 0 Å². The molecule has 6 nitrogen and oxygen atoms in total. The second-order valence-corrected chi connectivity index (χ2v) is 8.57. The third-order valence-corrected chi connectivity index (χ3v) is 6.06. The normalized spacial score (nSPS) is 11.1. The minimum Gasteiger partial charge on any atom is -0.392 e. The van der Waals surface area contributed by atoms with E-state index in [1.165, 1.54) is 30.3 Å². The minimum atomic E-state index is -3.92. The highest BCUT2D eigenvalue weighted by atomic mass is 35.5. The lowest BCUT2D eigenvalue weighted by molar-refractivity contribution is 0.102. The Balaban J connectivity index is 1.79. The number of hydrogen-bond donors (Lipinski definition) is 3. The van der Waals surface area contributed by atoms with Gasteiger partial charge in [0.25, 0.3) is 15.9 Å². The smallest absolute Gasteiger partial charge is 0.261 e. The van der Waals surface area contributed by atoms with Gasteiger partial charge in [-0.1, -0.05) is 41.4 Å². The molecular weight excluding hydrogens is 435 g/mol. The van der Waals surface area contributed by atoms with Crippen molar-refractivity contribution in [2.24, 2.45) is 0 Å². The average molecular weight is 451 g/mol. The maximum atomic E-state index is 12.6. The van der Waals surface area contributed by atoms with E-state index in [1.807, 2.05) is 0 Å². The molecule has 0 aliphatic heterocycles. The Bertz CT molecular complexity index is 1170. The maximum absolute atomic E-state index is 12.6. The molecule has 9 heteroatoms. The number of sulfonamides is 1. The molecule has 1 amide bonds. The Morgan fingerprint density at radius 2 is 1.62 bits per heavy atom. The summed E-state index contributed by atoms with van der Waals surface area (Å²) in [6.07, 6.45) is 0. The summed E-state index contributed by atoms with van der Waals surface area (Å²) in [5.74, 6) is -0.421. The first kappa shape index (κ1) is 21.1. The number of carbonyl (C=O) groups is 1. The Labute approximate surface area is 178 Å². The molecule has 0 bridgehead atoms. The number of amides is 1. The molecule has 3 aromatic carbocycles.